The summed E-state index contributed by atoms with van der Waals surface area (Å²) in [6, 6.07) is 8.24. The first-order valence-corrected chi connectivity index (χ1v) is 6.38. The molecule has 1 saturated heterocycles. The Balaban J connectivity index is 1.76. The predicted octanol–water partition coefficient (Wildman–Crippen LogP) is 0.990. The molecule has 0 spiro atoms. The van der Waals surface area contributed by atoms with Gasteiger partial charge in [0, 0.05) is 25.6 Å². The molecule has 1 unspecified atom stereocenters. The number of benzene rings is 1. The van der Waals surface area contributed by atoms with Gasteiger partial charge in [0.05, 0.1) is 13.2 Å². The fraction of sp³-hybridized carbons (Fsp3) is 0.500. The van der Waals surface area contributed by atoms with Gasteiger partial charge in [-0.05, 0) is 18.1 Å². The lowest BCUT2D eigenvalue weighted by Gasteiger charge is -2.23. The Labute approximate surface area is 108 Å². The molecule has 0 aliphatic carbocycles. The Hall–Kier alpha value is -1.39. The van der Waals surface area contributed by atoms with Gasteiger partial charge in [0.2, 0.25) is 5.91 Å². The van der Waals surface area contributed by atoms with E-state index in [4.69, 9.17) is 4.74 Å². The van der Waals surface area contributed by atoms with Crippen molar-refractivity contribution in [1.29, 1.82) is 0 Å². The molecule has 1 fully saturated rings. The van der Waals surface area contributed by atoms with Crippen LogP contribution in [0.1, 0.15) is 17.5 Å². The topological polar surface area (TPSA) is 50.4 Å². The van der Waals surface area contributed by atoms with E-state index in [1.165, 1.54) is 11.1 Å². The third-order valence-electron chi connectivity index (χ3n) is 3.17. The monoisotopic (exact) mass is 248 g/mol. The zero-order chi connectivity index (χ0) is 12.8. The summed E-state index contributed by atoms with van der Waals surface area (Å²) in [6.45, 7) is 4.84. The molecule has 1 amide bonds. The highest BCUT2D eigenvalue weighted by molar-refractivity contribution is 5.76. The number of carbonyl (C=O) groups is 1. The molecular formula is C14H20N2O2. The minimum atomic E-state index is 0.0706. The van der Waals surface area contributed by atoms with Crippen LogP contribution in [0.25, 0.3) is 0 Å². The van der Waals surface area contributed by atoms with Crippen LogP contribution >= 0.6 is 0 Å². The molecule has 0 aromatic heterocycles. The molecule has 18 heavy (non-hydrogen) atoms. The first kappa shape index (κ1) is 13.1. The van der Waals surface area contributed by atoms with E-state index >= 15 is 0 Å². The lowest BCUT2D eigenvalue weighted by Crippen LogP contribution is -2.44. The van der Waals surface area contributed by atoms with Crippen LogP contribution < -0.4 is 10.6 Å². The fourth-order valence-corrected chi connectivity index (χ4v) is 2.05. The minimum absolute atomic E-state index is 0.0706. The maximum atomic E-state index is 11.8. The molecule has 0 radical (unpaired) electrons. The second-order valence-corrected chi connectivity index (χ2v) is 4.63. The van der Waals surface area contributed by atoms with Crippen LogP contribution in [0.2, 0.25) is 0 Å². The van der Waals surface area contributed by atoms with Crippen molar-refractivity contribution in [2.24, 2.45) is 0 Å². The van der Waals surface area contributed by atoms with Gasteiger partial charge < -0.3 is 15.4 Å². The highest BCUT2D eigenvalue weighted by Crippen LogP contribution is 2.06. The standard InChI is InChI=1S/C14H20N2O2/c1-11-4-2-3-5-12(11)9-16-14(17)8-13-10-18-7-6-15-13/h2-5,13,15H,6-10H2,1H3,(H,16,17). The van der Waals surface area contributed by atoms with E-state index in [0.717, 1.165) is 13.2 Å². The summed E-state index contributed by atoms with van der Waals surface area (Å²) < 4.78 is 5.32. The smallest absolute Gasteiger partial charge is 0.221 e. The van der Waals surface area contributed by atoms with E-state index in [0.29, 0.717) is 19.6 Å². The molecule has 0 bridgehead atoms. The third-order valence-corrected chi connectivity index (χ3v) is 3.17. The van der Waals surface area contributed by atoms with Gasteiger partial charge in [-0.25, -0.2) is 0 Å². The van der Waals surface area contributed by atoms with E-state index in [1.54, 1.807) is 0 Å². The maximum absolute atomic E-state index is 11.8. The summed E-state index contributed by atoms with van der Waals surface area (Å²) >= 11 is 0. The number of rotatable bonds is 4. The van der Waals surface area contributed by atoms with Gasteiger partial charge in [0.25, 0.3) is 0 Å². The highest BCUT2D eigenvalue weighted by Gasteiger charge is 2.16. The number of morpholine rings is 1. The lowest BCUT2D eigenvalue weighted by atomic mass is 10.1. The molecule has 1 aromatic carbocycles. The van der Waals surface area contributed by atoms with Crippen molar-refractivity contribution >= 4 is 5.91 Å². The second kappa shape index (κ2) is 6.52. The Bertz CT molecular complexity index is 401. The minimum Gasteiger partial charge on any atom is -0.378 e. The van der Waals surface area contributed by atoms with Crippen molar-refractivity contribution in [2.45, 2.75) is 25.9 Å². The molecule has 4 nitrogen and oxygen atoms in total. The Morgan fingerprint density at radius 1 is 1.50 bits per heavy atom. The lowest BCUT2D eigenvalue weighted by molar-refractivity contribution is -0.122. The van der Waals surface area contributed by atoms with E-state index in [-0.39, 0.29) is 11.9 Å². The predicted molar refractivity (Wildman–Crippen MR) is 70.3 cm³/mol. The number of carbonyl (C=O) groups excluding carboxylic acids is 1. The number of hydrogen-bond donors (Lipinski definition) is 2. The van der Waals surface area contributed by atoms with E-state index in [2.05, 4.69) is 23.6 Å². The number of nitrogens with one attached hydrogen (secondary N) is 2. The molecule has 4 heteroatoms. The molecule has 1 aliphatic heterocycles. The Kier molecular flexibility index (Phi) is 4.73. The molecule has 98 valence electrons. The fourth-order valence-electron chi connectivity index (χ4n) is 2.05. The molecule has 1 heterocycles. The van der Waals surface area contributed by atoms with Crippen molar-refractivity contribution in [3.8, 4) is 0 Å². The van der Waals surface area contributed by atoms with Crippen LogP contribution in [0.3, 0.4) is 0 Å². The van der Waals surface area contributed by atoms with Crippen LogP contribution in [-0.2, 0) is 16.1 Å². The maximum Gasteiger partial charge on any atom is 0.221 e. The number of aryl methyl sites for hydroxylation is 1. The summed E-state index contributed by atoms with van der Waals surface area (Å²) in [5, 5.41) is 6.23. The van der Waals surface area contributed by atoms with E-state index in [1.807, 2.05) is 18.2 Å². The van der Waals surface area contributed by atoms with Crippen molar-refractivity contribution in [3.63, 3.8) is 0 Å². The average Bonchev–Trinajstić information content (AvgIpc) is 2.39. The zero-order valence-electron chi connectivity index (χ0n) is 10.7. The van der Waals surface area contributed by atoms with Crippen molar-refractivity contribution in [2.75, 3.05) is 19.8 Å². The average molecular weight is 248 g/mol. The highest BCUT2D eigenvalue weighted by atomic mass is 16.5. The molecule has 0 saturated carbocycles. The van der Waals surface area contributed by atoms with Gasteiger partial charge in [-0.1, -0.05) is 24.3 Å². The summed E-state index contributed by atoms with van der Waals surface area (Å²) in [5.74, 6) is 0.0706. The molecule has 1 aliphatic rings. The Morgan fingerprint density at radius 2 is 2.33 bits per heavy atom. The molecule has 1 aromatic rings. The van der Waals surface area contributed by atoms with Gasteiger partial charge in [0.1, 0.15) is 0 Å². The van der Waals surface area contributed by atoms with Gasteiger partial charge in [-0.2, -0.15) is 0 Å². The quantitative estimate of drug-likeness (QED) is 0.835. The van der Waals surface area contributed by atoms with Gasteiger partial charge in [0.15, 0.2) is 0 Å². The van der Waals surface area contributed by atoms with Gasteiger partial charge in [-0.15, -0.1) is 0 Å². The first-order chi connectivity index (χ1) is 8.75. The third kappa shape index (κ3) is 3.82. The summed E-state index contributed by atoms with van der Waals surface area (Å²) in [6.07, 6.45) is 0.478. The first-order valence-electron chi connectivity index (χ1n) is 6.38. The normalized spacial score (nSPS) is 19.5. The van der Waals surface area contributed by atoms with Crippen LogP contribution in [0.15, 0.2) is 24.3 Å². The molecule has 2 rings (SSSR count). The van der Waals surface area contributed by atoms with Crippen molar-refractivity contribution in [3.05, 3.63) is 35.4 Å². The summed E-state index contributed by atoms with van der Waals surface area (Å²) in [4.78, 5) is 11.8. The second-order valence-electron chi connectivity index (χ2n) is 4.63. The zero-order valence-corrected chi connectivity index (χ0v) is 10.7. The SMILES string of the molecule is Cc1ccccc1CNC(=O)CC1COCCN1. The van der Waals surface area contributed by atoms with E-state index < -0.39 is 0 Å². The largest absolute Gasteiger partial charge is 0.378 e. The number of hydrogen-bond acceptors (Lipinski definition) is 3. The summed E-state index contributed by atoms with van der Waals surface area (Å²) in [7, 11) is 0. The van der Waals surface area contributed by atoms with Crippen LogP contribution in [0.4, 0.5) is 0 Å². The Morgan fingerprint density at radius 3 is 3.06 bits per heavy atom. The number of ether oxygens (including phenoxy) is 1. The van der Waals surface area contributed by atoms with Crippen molar-refractivity contribution < 1.29 is 9.53 Å². The van der Waals surface area contributed by atoms with Crippen LogP contribution in [0, 0.1) is 6.92 Å². The number of amides is 1. The molecule has 1 atom stereocenters. The summed E-state index contributed by atoms with van der Waals surface area (Å²) in [5.41, 5.74) is 2.37. The van der Waals surface area contributed by atoms with Gasteiger partial charge >= 0.3 is 0 Å². The van der Waals surface area contributed by atoms with E-state index in [9.17, 15) is 4.79 Å². The van der Waals surface area contributed by atoms with Crippen LogP contribution in [-0.4, -0.2) is 31.7 Å². The van der Waals surface area contributed by atoms with Crippen LogP contribution in [0.5, 0.6) is 0 Å². The molecular weight excluding hydrogens is 228 g/mol. The van der Waals surface area contributed by atoms with Gasteiger partial charge in [-0.3, -0.25) is 4.79 Å². The molecule has 2 N–H and O–H groups in total. The van der Waals surface area contributed by atoms with Crippen molar-refractivity contribution in [1.82, 2.24) is 10.6 Å².